The number of benzene rings is 3. The Balaban J connectivity index is 1.85. The average Bonchev–Trinajstić information content (AvgIpc) is 2.78. The molecule has 2 N–H and O–H groups in total. The van der Waals surface area contributed by atoms with Crippen LogP contribution in [0.15, 0.2) is 70.5 Å². The Labute approximate surface area is 196 Å². The van der Waals surface area contributed by atoms with Crippen LogP contribution >= 0.6 is 0 Å². The first-order valence-electron chi connectivity index (χ1n) is 9.59. The van der Waals surface area contributed by atoms with Gasteiger partial charge in [0.1, 0.15) is 11.5 Å². The van der Waals surface area contributed by atoms with E-state index >= 15 is 0 Å². The summed E-state index contributed by atoms with van der Waals surface area (Å²) in [5.74, 6) is 0.695. The zero-order valence-electron chi connectivity index (χ0n) is 18.3. The minimum absolute atomic E-state index is 0.0730. The monoisotopic (exact) mass is 507 g/mol. The number of hydrogen-bond donors (Lipinski definition) is 2. The molecule has 0 amide bonds. The highest BCUT2D eigenvalue weighted by atomic mass is 32.2. The van der Waals surface area contributed by atoms with Gasteiger partial charge in [0, 0.05) is 23.9 Å². The number of methoxy groups -OCH3 is 2. The van der Waals surface area contributed by atoms with Crippen LogP contribution in [0.3, 0.4) is 0 Å². The Bertz CT molecular complexity index is 1440. The molecule has 0 heterocycles. The minimum atomic E-state index is -4.16. The molecule has 0 bridgehead atoms. The molecule has 0 aromatic heterocycles. The number of nitro benzene ring substituents is 1. The summed E-state index contributed by atoms with van der Waals surface area (Å²) in [4.78, 5) is 9.92. The van der Waals surface area contributed by atoms with Crippen LogP contribution < -0.4 is 18.9 Å². The normalized spacial score (nSPS) is 11.5. The van der Waals surface area contributed by atoms with E-state index in [9.17, 15) is 26.9 Å². The molecule has 0 spiro atoms. The lowest BCUT2D eigenvalue weighted by atomic mass is 10.2. The molecular weight excluding hydrogens is 486 g/mol. The van der Waals surface area contributed by atoms with Crippen molar-refractivity contribution in [2.75, 3.05) is 23.7 Å². The zero-order valence-corrected chi connectivity index (χ0v) is 19.9. The first kappa shape index (κ1) is 24.8. The molecule has 3 aromatic rings. The molecule has 0 unspecified atom stereocenters. The zero-order chi connectivity index (χ0) is 25.1. The Hall–Kier alpha value is -3.84. The van der Waals surface area contributed by atoms with E-state index in [1.165, 1.54) is 63.6 Å². The van der Waals surface area contributed by atoms with Crippen LogP contribution in [0.1, 0.15) is 5.56 Å². The van der Waals surface area contributed by atoms with Gasteiger partial charge in [0.2, 0.25) is 0 Å². The van der Waals surface area contributed by atoms with Crippen molar-refractivity contribution in [1.29, 1.82) is 0 Å². The van der Waals surface area contributed by atoms with Crippen LogP contribution in [0.25, 0.3) is 0 Å². The van der Waals surface area contributed by atoms with Gasteiger partial charge in [-0.05, 0) is 48.9 Å². The van der Waals surface area contributed by atoms with Gasteiger partial charge >= 0.3 is 0 Å². The summed E-state index contributed by atoms with van der Waals surface area (Å²) in [5, 5.41) is 11.0. The van der Waals surface area contributed by atoms with Gasteiger partial charge in [-0.2, -0.15) is 0 Å². The van der Waals surface area contributed by atoms with Gasteiger partial charge in [0.15, 0.2) is 0 Å². The van der Waals surface area contributed by atoms with Gasteiger partial charge in [-0.25, -0.2) is 16.8 Å². The number of nitrogens with zero attached hydrogens (tertiary/aromatic N) is 1. The number of ether oxygens (including phenoxy) is 2. The fraction of sp³-hybridized carbons (Fsp3) is 0.143. The van der Waals surface area contributed by atoms with E-state index in [1.807, 2.05) is 0 Å². The van der Waals surface area contributed by atoms with Crippen molar-refractivity contribution < 1.29 is 31.2 Å². The molecule has 0 saturated carbocycles. The molecule has 3 rings (SSSR count). The van der Waals surface area contributed by atoms with Gasteiger partial charge in [0.25, 0.3) is 25.7 Å². The number of nitrogens with one attached hydrogen (secondary N) is 2. The second-order valence-electron chi connectivity index (χ2n) is 7.01. The van der Waals surface area contributed by atoms with E-state index in [4.69, 9.17) is 9.47 Å². The Morgan fingerprint density at radius 1 is 0.824 bits per heavy atom. The summed E-state index contributed by atoms with van der Waals surface area (Å²) in [6, 6.07) is 13.1. The number of anilines is 2. The fourth-order valence-corrected chi connectivity index (χ4v) is 5.39. The van der Waals surface area contributed by atoms with Crippen LogP contribution in [0.5, 0.6) is 11.5 Å². The smallest absolute Gasteiger partial charge is 0.270 e. The molecule has 0 saturated heterocycles. The van der Waals surface area contributed by atoms with E-state index in [-0.39, 0.29) is 32.6 Å². The number of rotatable bonds is 9. The summed E-state index contributed by atoms with van der Waals surface area (Å²) in [7, 11) is -5.37. The van der Waals surface area contributed by atoms with Gasteiger partial charge in [-0.1, -0.05) is 6.07 Å². The summed E-state index contributed by atoms with van der Waals surface area (Å²) < 4.78 is 66.2. The van der Waals surface area contributed by atoms with Gasteiger partial charge in [-0.3, -0.25) is 19.6 Å². The molecule has 34 heavy (non-hydrogen) atoms. The molecule has 0 aliphatic carbocycles. The molecule has 0 atom stereocenters. The van der Waals surface area contributed by atoms with Crippen LogP contribution in [0, 0.1) is 17.0 Å². The van der Waals surface area contributed by atoms with Crippen LogP contribution in [0.2, 0.25) is 0 Å². The predicted molar refractivity (Wildman–Crippen MR) is 125 cm³/mol. The van der Waals surface area contributed by atoms with Crippen molar-refractivity contribution in [2.45, 2.75) is 16.7 Å². The molecule has 11 nitrogen and oxygen atoms in total. The van der Waals surface area contributed by atoms with Crippen molar-refractivity contribution in [3.05, 3.63) is 76.3 Å². The van der Waals surface area contributed by atoms with Crippen molar-refractivity contribution in [3.63, 3.8) is 0 Å². The lowest BCUT2D eigenvalue weighted by Gasteiger charge is -2.14. The molecule has 3 aromatic carbocycles. The summed E-state index contributed by atoms with van der Waals surface area (Å²) in [6.45, 7) is 1.51. The maximum absolute atomic E-state index is 12.8. The summed E-state index contributed by atoms with van der Waals surface area (Å²) in [5.41, 5.74) is 0.178. The quantitative estimate of drug-likeness (QED) is 0.329. The number of hydrogen-bond acceptors (Lipinski definition) is 8. The fourth-order valence-electron chi connectivity index (χ4n) is 3.00. The largest absolute Gasteiger partial charge is 0.497 e. The maximum atomic E-state index is 12.8. The van der Waals surface area contributed by atoms with E-state index in [0.717, 1.165) is 6.07 Å². The van der Waals surface area contributed by atoms with Gasteiger partial charge in [-0.15, -0.1) is 0 Å². The molecule has 13 heteroatoms. The van der Waals surface area contributed by atoms with Crippen molar-refractivity contribution in [1.82, 2.24) is 0 Å². The number of non-ortho nitro benzene ring substituents is 1. The van der Waals surface area contributed by atoms with Gasteiger partial charge in [0.05, 0.1) is 34.6 Å². The van der Waals surface area contributed by atoms with Crippen molar-refractivity contribution in [2.24, 2.45) is 0 Å². The third-order valence-corrected chi connectivity index (χ3v) is 7.64. The van der Waals surface area contributed by atoms with E-state index in [2.05, 4.69) is 9.44 Å². The highest BCUT2D eigenvalue weighted by Gasteiger charge is 2.22. The SMILES string of the molecule is COc1ccc(OC)c(NS(=O)(=O)c2ccc(NS(=O)(=O)c3cc([N+](=O)[O-])ccc3C)cc2)c1. The minimum Gasteiger partial charge on any atom is -0.497 e. The average molecular weight is 508 g/mol. The van der Waals surface area contributed by atoms with Crippen molar-refractivity contribution in [3.8, 4) is 11.5 Å². The second kappa shape index (κ2) is 9.57. The first-order valence-corrected chi connectivity index (χ1v) is 12.6. The van der Waals surface area contributed by atoms with E-state index < -0.39 is 25.0 Å². The Kier molecular flexibility index (Phi) is 6.98. The number of aryl methyl sites for hydroxylation is 1. The highest BCUT2D eigenvalue weighted by molar-refractivity contribution is 7.93. The molecule has 0 radical (unpaired) electrons. The van der Waals surface area contributed by atoms with Crippen molar-refractivity contribution >= 4 is 37.1 Å². The predicted octanol–water partition coefficient (Wildman–Crippen LogP) is 3.52. The third-order valence-electron chi connectivity index (χ3n) is 4.74. The lowest BCUT2D eigenvalue weighted by molar-refractivity contribution is -0.385. The second-order valence-corrected chi connectivity index (χ2v) is 10.3. The van der Waals surface area contributed by atoms with Gasteiger partial charge < -0.3 is 9.47 Å². The standard InChI is InChI=1S/C21H21N3O8S2/c1-14-4-7-16(24(25)26)12-21(14)34(29,30)22-15-5-9-18(10-6-15)33(27,28)23-19-13-17(31-2)8-11-20(19)32-3/h4-13,22-23H,1-3H3. The first-order chi connectivity index (χ1) is 16.0. The molecular formula is C21H21N3O8S2. The van der Waals surface area contributed by atoms with Crippen LogP contribution in [0.4, 0.5) is 17.1 Å². The molecule has 0 aliphatic rings. The highest BCUT2D eigenvalue weighted by Crippen LogP contribution is 2.31. The van der Waals surface area contributed by atoms with Crippen LogP contribution in [-0.2, 0) is 20.0 Å². The molecule has 180 valence electrons. The Morgan fingerprint density at radius 2 is 1.50 bits per heavy atom. The summed E-state index contributed by atoms with van der Waals surface area (Å²) in [6.07, 6.45) is 0. The Morgan fingerprint density at radius 3 is 2.09 bits per heavy atom. The molecule has 0 aliphatic heterocycles. The number of sulfonamides is 2. The molecule has 0 fully saturated rings. The van der Waals surface area contributed by atoms with E-state index in [0.29, 0.717) is 11.3 Å². The third kappa shape index (κ3) is 5.38. The number of nitro groups is 1. The topological polar surface area (TPSA) is 154 Å². The maximum Gasteiger partial charge on any atom is 0.270 e. The van der Waals surface area contributed by atoms with E-state index in [1.54, 1.807) is 12.1 Å². The lowest BCUT2D eigenvalue weighted by Crippen LogP contribution is -2.16. The summed E-state index contributed by atoms with van der Waals surface area (Å²) >= 11 is 0. The van der Waals surface area contributed by atoms with Crippen LogP contribution in [-0.4, -0.2) is 36.0 Å².